The first-order valence-electron chi connectivity index (χ1n) is 11.8. The minimum atomic E-state index is -4.04. The number of anilines is 1. The highest BCUT2D eigenvalue weighted by Gasteiger charge is 2.37. The SMILES string of the molecule is COC[C@@H]1COc2ccc(OC)cc2-c2nnc(NS(=O)(=O)C(C)C(OC(C)C)c3ncc(C)cn3)n21. The van der Waals surface area contributed by atoms with Crippen LogP contribution in [0.25, 0.3) is 11.4 Å². The molecule has 1 aliphatic heterocycles. The van der Waals surface area contributed by atoms with Gasteiger partial charge in [0, 0.05) is 19.5 Å². The van der Waals surface area contributed by atoms with E-state index in [2.05, 4.69) is 24.9 Å². The van der Waals surface area contributed by atoms with Crippen LogP contribution in [-0.4, -0.2) is 71.9 Å². The Morgan fingerprint density at radius 1 is 1.16 bits per heavy atom. The number of benzene rings is 1. The van der Waals surface area contributed by atoms with Crippen LogP contribution in [0, 0.1) is 6.92 Å². The maximum atomic E-state index is 13.6. The Kier molecular flexibility index (Phi) is 7.95. The predicted octanol–water partition coefficient (Wildman–Crippen LogP) is 2.93. The van der Waals surface area contributed by atoms with Crippen molar-refractivity contribution in [3.8, 4) is 22.9 Å². The molecular formula is C24H32N6O6S. The van der Waals surface area contributed by atoms with Gasteiger partial charge in [-0.3, -0.25) is 9.29 Å². The summed E-state index contributed by atoms with van der Waals surface area (Å²) in [4.78, 5) is 8.63. The Morgan fingerprint density at radius 3 is 2.54 bits per heavy atom. The van der Waals surface area contributed by atoms with Crippen molar-refractivity contribution in [2.24, 2.45) is 0 Å². The van der Waals surface area contributed by atoms with Crippen LogP contribution in [0.15, 0.2) is 30.6 Å². The van der Waals surface area contributed by atoms with Gasteiger partial charge in [0.2, 0.25) is 16.0 Å². The number of aromatic nitrogens is 5. The molecule has 37 heavy (non-hydrogen) atoms. The molecule has 200 valence electrons. The third-order valence-electron chi connectivity index (χ3n) is 5.90. The van der Waals surface area contributed by atoms with Gasteiger partial charge in [0.25, 0.3) is 0 Å². The lowest BCUT2D eigenvalue weighted by molar-refractivity contribution is 0.00152. The second kappa shape index (κ2) is 11.0. The van der Waals surface area contributed by atoms with Gasteiger partial charge in [-0.15, -0.1) is 10.2 Å². The van der Waals surface area contributed by atoms with E-state index in [1.54, 1.807) is 56.3 Å². The van der Waals surface area contributed by atoms with Crippen LogP contribution < -0.4 is 14.2 Å². The average Bonchev–Trinajstić information content (AvgIpc) is 3.20. The maximum Gasteiger partial charge on any atom is 0.240 e. The molecule has 0 fully saturated rings. The van der Waals surface area contributed by atoms with Crippen molar-refractivity contribution in [3.05, 3.63) is 42.0 Å². The van der Waals surface area contributed by atoms with Crippen LogP contribution in [0.2, 0.25) is 0 Å². The molecular weight excluding hydrogens is 500 g/mol. The summed E-state index contributed by atoms with van der Waals surface area (Å²) in [7, 11) is -0.921. The van der Waals surface area contributed by atoms with Crippen LogP contribution in [0.4, 0.5) is 5.95 Å². The molecule has 0 radical (unpaired) electrons. The number of hydrogen-bond donors (Lipinski definition) is 1. The molecule has 1 aromatic carbocycles. The first kappa shape index (κ1) is 26.8. The number of rotatable bonds is 10. The van der Waals surface area contributed by atoms with Gasteiger partial charge in [-0.2, -0.15) is 0 Å². The molecule has 0 spiro atoms. The number of methoxy groups -OCH3 is 2. The molecule has 0 saturated heterocycles. The summed E-state index contributed by atoms with van der Waals surface area (Å²) in [6, 6.07) is 4.94. The Hall–Kier alpha value is -3.29. The monoisotopic (exact) mass is 532 g/mol. The van der Waals surface area contributed by atoms with E-state index in [1.165, 1.54) is 0 Å². The topological polar surface area (TPSA) is 140 Å². The largest absolute Gasteiger partial charge is 0.497 e. The lowest BCUT2D eigenvalue weighted by atomic mass is 10.1. The van der Waals surface area contributed by atoms with E-state index in [0.717, 1.165) is 5.56 Å². The molecule has 2 unspecified atom stereocenters. The van der Waals surface area contributed by atoms with Gasteiger partial charge < -0.3 is 18.9 Å². The number of nitrogens with one attached hydrogen (secondary N) is 1. The standard InChI is InChI=1S/C24H32N6O6S/c1-14(2)36-21(22-25-10-15(3)11-26-22)16(4)37(31,32)29-24-28-27-23-19-9-18(34-6)7-8-20(19)35-13-17(12-33-5)30(23)24/h7-11,14,16-17,21H,12-13H2,1-6H3,(H,28,29)/t16?,17-,21?/m1/s1. The van der Waals surface area contributed by atoms with E-state index in [9.17, 15) is 8.42 Å². The fraction of sp³-hybridized carbons (Fsp3) is 0.500. The van der Waals surface area contributed by atoms with Gasteiger partial charge >= 0.3 is 0 Å². The lowest BCUT2D eigenvalue weighted by Crippen LogP contribution is -2.35. The first-order valence-corrected chi connectivity index (χ1v) is 13.4. The van der Waals surface area contributed by atoms with Crippen molar-refractivity contribution >= 4 is 16.0 Å². The number of sulfonamides is 1. The average molecular weight is 533 g/mol. The molecule has 3 aromatic rings. The van der Waals surface area contributed by atoms with Crippen LogP contribution in [0.3, 0.4) is 0 Å². The molecule has 4 rings (SSSR count). The van der Waals surface area contributed by atoms with E-state index in [4.69, 9.17) is 18.9 Å². The lowest BCUT2D eigenvalue weighted by Gasteiger charge is -2.26. The third kappa shape index (κ3) is 5.68. The quantitative estimate of drug-likeness (QED) is 0.414. The molecule has 0 aliphatic carbocycles. The number of nitrogens with zero attached hydrogens (tertiary/aromatic N) is 5. The highest BCUT2D eigenvalue weighted by atomic mass is 32.2. The van der Waals surface area contributed by atoms with Crippen LogP contribution >= 0.6 is 0 Å². The third-order valence-corrected chi connectivity index (χ3v) is 7.60. The molecule has 0 saturated carbocycles. The Bertz CT molecular complexity index is 1330. The molecule has 13 heteroatoms. The summed E-state index contributed by atoms with van der Waals surface area (Å²) in [5, 5.41) is 7.45. The molecule has 3 atom stereocenters. The molecule has 1 N–H and O–H groups in total. The summed E-state index contributed by atoms with van der Waals surface area (Å²) in [5.41, 5.74) is 1.48. The van der Waals surface area contributed by atoms with Gasteiger partial charge in [0.1, 0.15) is 29.5 Å². The second-order valence-corrected chi connectivity index (χ2v) is 11.1. The highest BCUT2D eigenvalue weighted by Crippen LogP contribution is 2.38. The van der Waals surface area contributed by atoms with E-state index >= 15 is 0 Å². The molecule has 0 bridgehead atoms. The van der Waals surface area contributed by atoms with Crippen molar-refractivity contribution < 1.29 is 27.4 Å². The number of fused-ring (bicyclic) bond motifs is 3. The van der Waals surface area contributed by atoms with Crippen molar-refractivity contribution in [1.82, 2.24) is 24.7 Å². The van der Waals surface area contributed by atoms with Crippen molar-refractivity contribution in [2.75, 3.05) is 32.2 Å². The van der Waals surface area contributed by atoms with Crippen LogP contribution in [0.1, 0.15) is 44.3 Å². The van der Waals surface area contributed by atoms with E-state index in [-0.39, 0.29) is 31.1 Å². The summed E-state index contributed by atoms with van der Waals surface area (Å²) in [5.74, 6) is 1.93. The maximum absolute atomic E-state index is 13.6. The predicted molar refractivity (Wildman–Crippen MR) is 136 cm³/mol. The first-order chi connectivity index (χ1) is 17.6. The van der Waals surface area contributed by atoms with Gasteiger partial charge in [-0.1, -0.05) is 0 Å². The summed E-state index contributed by atoms with van der Waals surface area (Å²) < 4.78 is 54.3. The number of hydrogen-bond acceptors (Lipinski definition) is 10. The van der Waals surface area contributed by atoms with Crippen molar-refractivity contribution in [1.29, 1.82) is 0 Å². The molecule has 1 aliphatic rings. The zero-order valence-electron chi connectivity index (χ0n) is 21.7. The zero-order valence-corrected chi connectivity index (χ0v) is 22.5. The van der Waals surface area contributed by atoms with Gasteiger partial charge in [0.15, 0.2) is 11.6 Å². The number of ether oxygens (including phenoxy) is 4. The summed E-state index contributed by atoms with van der Waals surface area (Å²) in [6.45, 7) is 7.53. The van der Waals surface area contributed by atoms with Crippen molar-refractivity contribution in [3.63, 3.8) is 0 Å². The zero-order chi connectivity index (χ0) is 26.7. The fourth-order valence-electron chi connectivity index (χ4n) is 4.01. The molecule has 2 aromatic heterocycles. The Balaban J connectivity index is 1.72. The minimum absolute atomic E-state index is 0.0382. The summed E-state index contributed by atoms with van der Waals surface area (Å²) >= 11 is 0. The van der Waals surface area contributed by atoms with E-state index in [0.29, 0.717) is 22.9 Å². The number of aryl methyl sites for hydroxylation is 1. The molecule has 12 nitrogen and oxygen atoms in total. The van der Waals surface area contributed by atoms with Crippen LogP contribution in [0.5, 0.6) is 11.5 Å². The molecule has 0 amide bonds. The van der Waals surface area contributed by atoms with Gasteiger partial charge in [0.05, 0.1) is 31.4 Å². The summed E-state index contributed by atoms with van der Waals surface area (Å²) in [6.07, 6.45) is 2.09. The Labute approximate surface area is 216 Å². The smallest absolute Gasteiger partial charge is 0.240 e. The minimum Gasteiger partial charge on any atom is -0.497 e. The van der Waals surface area contributed by atoms with Crippen molar-refractivity contribution in [2.45, 2.75) is 51.2 Å². The second-order valence-electron chi connectivity index (χ2n) is 9.08. The molecule has 3 heterocycles. The van der Waals surface area contributed by atoms with Gasteiger partial charge in [-0.05, 0) is 51.5 Å². The fourth-order valence-corrected chi connectivity index (χ4v) is 5.10. The van der Waals surface area contributed by atoms with E-state index < -0.39 is 27.4 Å². The van der Waals surface area contributed by atoms with Crippen LogP contribution in [-0.2, 0) is 19.5 Å². The normalized spacial score (nSPS) is 16.8. The highest BCUT2D eigenvalue weighted by molar-refractivity contribution is 7.93. The van der Waals surface area contributed by atoms with Gasteiger partial charge in [-0.25, -0.2) is 18.4 Å². The Morgan fingerprint density at radius 2 is 1.89 bits per heavy atom. The van der Waals surface area contributed by atoms with E-state index in [1.807, 2.05) is 20.8 Å².